The molecule has 0 aliphatic carbocycles. The molecular weight excluding hydrogens is 312 g/mol. The van der Waals surface area contributed by atoms with Crippen molar-refractivity contribution in [3.8, 4) is 5.69 Å². The Morgan fingerprint density at radius 3 is 2.74 bits per heavy atom. The topological polar surface area (TPSA) is 75.4 Å². The monoisotopic (exact) mass is 324 g/mol. The zero-order valence-corrected chi connectivity index (χ0v) is 11.9. The number of carboxylic acid groups (broad SMARTS) is 1. The molecule has 0 spiro atoms. The van der Waals surface area contributed by atoms with Crippen LogP contribution in [0.4, 0.5) is 0 Å². The third-order valence-electron chi connectivity index (χ3n) is 2.67. The Labute approximate surface area is 118 Å². The Balaban J connectivity index is 2.50. The number of carbonyl (C=O) groups is 1. The third-order valence-corrected chi connectivity index (χ3v) is 3.12. The normalized spacial score (nSPS) is 10.7. The van der Waals surface area contributed by atoms with Crippen molar-refractivity contribution in [3.05, 3.63) is 45.7 Å². The van der Waals surface area contributed by atoms with Crippen LogP contribution in [0.15, 0.2) is 28.9 Å². The van der Waals surface area contributed by atoms with E-state index < -0.39 is 5.97 Å². The van der Waals surface area contributed by atoms with Crippen molar-refractivity contribution in [1.29, 1.82) is 0 Å². The number of rotatable bonds is 4. The Bertz CT molecular complexity index is 602. The molecule has 6 heteroatoms. The van der Waals surface area contributed by atoms with Crippen molar-refractivity contribution < 1.29 is 15.0 Å². The molecule has 1 heterocycles. The molecule has 0 atom stereocenters. The van der Waals surface area contributed by atoms with Crippen LogP contribution >= 0.6 is 15.9 Å². The van der Waals surface area contributed by atoms with Crippen molar-refractivity contribution in [2.75, 3.05) is 6.61 Å². The Hall–Kier alpha value is -1.66. The van der Waals surface area contributed by atoms with E-state index in [2.05, 4.69) is 21.0 Å². The Kier molecular flexibility index (Phi) is 4.01. The van der Waals surface area contributed by atoms with E-state index in [9.17, 15) is 4.79 Å². The van der Waals surface area contributed by atoms with Gasteiger partial charge in [0.15, 0.2) is 5.69 Å². The molecule has 0 fully saturated rings. The van der Waals surface area contributed by atoms with Crippen LogP contribution in [0.3, 0.4) is 0 Å². The Morgan fingerprint density at radius 1 is 1.42 bits per heavy atom. The van der Waals surface area contributed by atoms with Crippen LogP contribution in [-0.4, -0.2) is 32.6 Å². The lowest BCUT2D eigenvalue weighted by molar-refractivity contribution is 0.0688. The molecule has 19 heavy (non-hydrogen) atoms. The molecule has 1 aromatic carbocycles. The fourth-order valence-corrected chi connectivity index (χ4v) is 2.47. The lowest BCUT2D eigenvalue weighted by Gasteiger charge is -2.03. The molecule has 2 aromatic rings. The number of hydrogen-bond donors (Lipinski definition) is 2. The van der Waals surface area contributed by atoms with Gasteiger partial charge in [-0.3, -0.25) is 0 Å². The molecule has 0 unspecified atom stereocenters. The average Bonchev–Trinajstić information content (AvgIpc) is 2.72. The van der Waals surface area contributed by atoms with Crippen LogP contribution in [0.25, 0.3) is 5.69 Å². The maximum Gasteiger partial charge on any atom is 0.356 e. The molecule has 0 radical (unpaired) electrons. The first kappa shape index (κ1) is 13.8. The quantitative estimate of drug-likeness (QED) is 0.903. The van der Waals surface area contributed by atoms with Crippen molar-refractivity contribution in [2.45, 2.75) is 13.3 Å². The predicted octanol–water partition coefficient (Wildman–Crippen LogP) is 2.18. The molecule has 0 bridgehead atoms. The van der Waals surface area contributed by atoms with E-state index in [4.69, 9.17) is 10.2 Å². The van der Waals surface area contributed by atoms with Gasteiger partial charge in [0, 0.05) is 22.8 Å². The smallest absolute Gasteiger partial charge is 0.356 e. The van der Waals surface area contributed by atoms with Crippen molar-refractivity contribution in [3.63, 3.8) is 0 Å². The van der Waals surface area contributed by atoms with Crippen molar-refractivity contribution in [2.24, 2.45) is 0 Å². The van der Waals surface area contributed by atoms with E-state index >= 15 is 0 Å². The van der Waals surface area contributed by atoms with Gasteiger partial charge in [0.1, 0.15) is 0 Å². The van der Waals surface area contributed by atoms with Gasteiger partial charge in [0.05, 0.1) is 5.69 Å². The molecule has 0 aliphatic heterocycles. The molecule has 0 aliphatic rings. The number of carboxylic acids is 1. The summed E-state index contributed by atoms with van der Waals surface area (Å²) in [4.78, 5) is 11.1. The fourth-order valence-electron chi connectivity index (χ4n) is 1.87. The molecule has 0 saturated carbocycles. The molecule has 5 nitrogen and oxygen atoms in total. The van der Waals surface area contributed by atoms with Crippen LogP contribution in [0, 0.1) is 6.92 Å². The number of aliphatic hydroxyl groups excluding tert-OH is 1. The predicted molar refractivity (Wildman–Crippen MR) is 73.8 cm³/mol. The van der Waals surface area contributed by atoms with Gasteiger partial charge in [-0.1, -0.05) is 15.9 Å². The highest BCUT2D eigenvalue weighted by Gasteiger charge is 2.16. The molecule has 0 amide bonds. The second-order valence-corrected chi connectivity index (χ2v) is 5.13. The number of benzene rings is 1. The number of aryl methyl sites for hydroxylation is 1. The lowest BCUT2D eigenvalue weighted by Crippen LogP contribution is -2.03. The van der Waals surface area contributed by atoms with Crippen molar-refractivity contribution in [1.82, 2.24) is 9.78 Å². The summed E-state index contributed by atoms with van der Waals surface area (Å²) in [6, 6.07) is 5.72. The largest absolute Gasteiger partial charge is 0.476 e. The number of hydrogen-bond acceptors (Lipinski definition) is 3. The van der Waals surface area contributed by atoms with Crippen LogP contribution < -0.4 is 0 Å². The highest BCUT2D eigenvalue weighted by Crippen LogP contribution is 2.20. The minimum Gasteiger partial charge on any atom is -0.476 e. The molecule has 100 valence electrons. The summed E-state index contributed by atoms with van der Waals surface area (Å²) < 4.78 is 2.42. The molecule has 1 aromatic heterocycles. The second kappa shape index (κ2) is 5.54. The fraction of sp³-hybridized carbons (Fsp3) is 0.231. The van der Waals surface area contributed by atoms with Gasteiger partial charge < -0.3 is 10.2 Å². The summed E-state index contributed by atoms with van der Waals surface area (Å²) in [6.07, 6.45) is 1.91. The van der Waals surface area contributed by atoms with Gasteiger partial charge in [-0.15, -0.1) is 0 Å². The zero-order valence-electron chi connectivity index (χ0n) is 10.3. The van der Waals surface area contributed by atoms with Gasteiger partial charge in [-0.05, 0) is 37.1 Å². The first-order valence-corrected chi connectivity index (χ1v) is 6.51. The SMILES string of the molecule is Cc1cc(Br)cc(-n2cc(CCO)c(C(=O)O)n2)c1. The number of halogens is 1. The molecule has 2 N–H and O–H groups in total. The maximum absolute atomic E-state index is 11.1. The van der Waals surface area contributed by atoms with Crippen molar-refractivity contribution >= 4 is 21.9 Å². The van der Waals surface area contributed by atoms with Crippen LogP contribution in [-0.2, 0) is 6.42 Å². The lowest BCUT2D eigenvalue weighted by atomic mass is 10.2. The summed E-state index contributed by atoms with van der Waals surface area (Å²) in [5, 5.41) is 22.1. The zero-order chi connectivity index (χ0) is 14.0. The summed E-state index contributed by atoms with van der Waals surface area (Å²) >= 11 is 3.40. The van der Waals surface area contributed by atoms with Gasteiger partial charge in [0.2, 0.25) is 0 Å². The third kappa shape index (κ3) is 3.02. The highest BCUT2D eigenvalue weighted by atomic mass is 79.9. The number of aromatic carboxylic acids is 1. The van der Waals surface area contributed by atoms with E-state index in [1.54, 1.807) is 6.20 Å². The number of aromatic nitrogens is 2. The van der Waals surface area contributed by atoms with E-state index in [1.807, 2.05) is 25.1 Å². The average molecular weight is 325 g/mol. The standard InChI is InChI=1S/C13H13BrN2O3/c1-8-4-10(14)6-11(5-8)16-7-9(2-3-17)12(15-16)13(18)19/h4-7,17H,2-3H2,1H3,(H,18,19). The molecular formula is C13H13BrN2O3. The summed E-state index contributed by atoms with van der Waals surface area (Å²) in [7, 11) is 0. The number of nitrogens with zero attached hydrogens (tertiary/aromatic N) is 2. The highest BCUT2D eigenvalue weighted by molar-refractivity contribution is 9.10. The minimum absolute atomic E-state index is 0.0216. The molecule has 2 rings (SSSR count). The second-order valence-electron chi connectivity index (χ2n) is 4.21. The summed E-state index contributed by atoms with van der Waals surface area (Å²) in [5.41, 5.74) is 2.32. The van der Waals surface area contributed by atoms with E-state index in [0.717, 1.165) is 15.7 Å². The summed E-state index contributed by atoms with van der Waals surface area (Å²) in [5.74, 6) is -1.09. The van der Waals surface area contributed by atoms with E-state index in [-0.39, 0.29) is 18.7 Å². The maximum atomic E-state index is 11.1. The van der Waals surface area contributed by atoms with Crippen LogP contribution in [0.5, 0.6) is 0 Å². The van der Waals surface area contributed by atoms with E-state index in [0.29, 0.717) is 5.56 Å². The van der Waals surface area contributed by atoms with E-state index in [1.165, 1.54) is 4.68 Å². The number of aliphatic hydroxyl groups is 1. The van der Waals surface area contributed by atoms with Gasteiger partial charge >= 0.3 is 5.97 Å². The summed E-state index contributed by atoms with van der Waals surface area (Å²) in [6.45, 7) is 1.84. The van der Waals surface area contributed by atoms with Crippen LogP contribution in [0.1, 0.15) is 21.6 Å². The van der Waals surface area contributed by atoms with Gasteiger partial charge in [0.25, 0.3) is 0 Å². The van der Waals surface area contributed by atoms with Gasteiger partial charge in [-0.2, -0.15) is 5.10 Å². The first-order chi connectivity index (χ1) is 9.01. The van der Waals surface area contributed by atoms with Gasteiger partial charge in [-0.25, -0.2) is 9.48 Å². The molecule has 0 saturated heterocycles. The van der Waals surface area contributed by atoms with Crippen LogP contribution in [0.2, 0.25) is 0 Å². The minimum atomic E-state index is -1.09. The first-order valence-electron chi connectivity index (χ1n) is 5.71. The Morgan fingerprint density at radius 2 is 2.16 bits per heavy atom.